The summed E-state index contributed by atoms with van der Waals surface area (Å²) in [5.41, 5.74) is 1.48. The lowest BCUT2D eigenvalue weighted by Gasteiger charge is -2.21. The number of rotatable bonds is 6. The third-order valence-electron chi connectivity index (χ3n) is 3.01. The first kappa shape index (κ1) is 14.5. The van der Waals surface area contributed by atoms with Gasteiger partial charge in [0.2, 0.25) is 0 Å². The Morgan fingerprint density at radius 3 is 2.90 bits per heavy atom. The van der Waals surface area contributed by atoms with Crippen LogP contribution in [-0.2, 0) is 6.54 Å². The summed E-state index contributed by atoms with van der Waals surface area (Å²) in [5, 5.41) is 5.22. The Bertz CT molecular complexity index is 554. The van der Waals surface area contributed by atoms with Crippen LogP contribution < -0.4 is 5.32 Å². The smallest absolute Gasteiger partial charge is 0.256 e. The van der Waals surface area contributed by atoms with Gasteiger partial charge >= 0.3 is 0 Å². The fourth-order valence-electron chi connectivity index (χ4n) is 2.00. The highest BCUT2D eigenvalue weighted by atomic mass is 32.1. The third-order valence-corrected chi connectivity index (χ3v) is 3.88. The topological polar surface area (TPSA) is 45.2 Å². The average molecular weight is 289 g/mol. The SMILES string of the molecule is CCNc1cnccc1C(=O)N(CC)Cc1cccs1. The van der Waals surface area contributed by atoms with Crippen LogP contribution in [0.5, 0.6) is 0 Å². The number of aromatic nitrogens is 1. The molecule has 20 heavy (non-hydrogen) atoms. The number of carbonyl (C=O) groups excluding carboxylic acids is 1. The van der Waals surface area contributed by atoms with Crippen LogP contribution in [0.3, 0.4) is 0 Å². The maximum absolute atomic E-state index is 12.7. The van der Waals surface area contributed by atoms with Crippen LogP contribution in [0.1, 0.15) is 29.1 Å². The summed E-state index contributed by atoms with van der Waals surface area (Å²) in [6, 6.07) is 5.84. The van der Waals surface area contributed by atoms with Crippen LogP contribution in [-0.4, -0.2) is 28.9 Å². The summed E-state index contributed by atoms with van der Waals surface area (Å²) >= 11 is 1.67. The molecule has 0 radical (unpaired) electrons. The number of pyridine rings is 1. The predicted octanol–water partition coefficient (Wildman–Crippen LogP) is 3.24. The van der Waals surface area contributed by atoms with Crippen molar-refractivity contribution in [3.8, 4) is 0 Å². The molecule has 2 heterocycles. The zero-order chi connectivity index (χ0) is 14.4. The van der Waals surface area contributed by atoms with E-state index < -0.39 is 0 Å². The van der Waals surface area contributed by atoms with Gasteiger partial charge in [-0.2, -0.15) is 0 Å². The van der Waals surface area contributed by atoms with E-state index in [9.17, 15) is 4.79 Å². The Labute approximate surface area is 123 Å². The number of anilines is 1. The van der Waals surface area contributed by atoms with E-state index in [1.807, 2.05) is 30.2 Å². The first-order valence-corrected chi connectivity index (χ1v) is 7.63. The van der Waals surface area contributed by atoms with Gasteiger partial charge in [0.05, 0.1) is 24.0 Å². The maximum Gasteiger partial charge on any atom is 0.256 e. The van der Waals surface area contributed by atoms with Gasteiger partial charge in [-0.15, -0.1) is 11.3 Å². The minimum Gasteiger partial charge on any atom is -0.383 e. The van der Waals surface area contributed by atoms with E-state index in [1.54, 1.807) is 29.8 Å². The number of thiophene rings is 1. The second-order valence-electron chi connectivity index (χ2n) is 4.35. The van der Waals surface area contributed by atoms with Crippen molar-refractivity contribution in [2.45, 2.75) is 20.4 Å². The van der Waals surface area contributed by atoms with Gasteiger partial charge in [-0.25, -0.2) is 0 Å². The fourth-order valence-corrected chi connectivity index (χ4v) is 2.72. The number of hydrogen-bond acceptors (Lipinski definition) is 4. The molecule has 0 spiro atoms. The highest BCUT2D eigenvalue weighted by molar-refractivity contribution is 7.09. The van der Waals surface area contributed by atoms with E-state index >= 15 is 0 Å². The van der Waals surface area contributed by atoms with Crippen molar-refractivity contribution >= 4 is 22.9 Å². The van der Waals surface area contributed by atoms with Crippen molar-refractivity contribution in [2.75, 3.05) is 18.4 Å². The Morgan fingerprint density at radius 2 is 2.25 bits per heavy atom. The van der Waals surface area contributed by atoms with E-state index in [1.165, 1.54) is 4.88 Å². The molecule has 1 amide bonds. The van der Waals surface area contributed by atoms with Crippen molar-refractivity contribution in [1.29, 1.82) is 0 Å². The maximum atomic E-state index is 12.7. The third kappa shape index (κ3) is 3.36. The average Bonchev–Trinajstić information content (AvgIpc) is 2.98. The minimum atomic E-state index is 0.0410. The molecule has 0 saturated carbocycles. The molecule has 5 heteroatoms. The Kier molecular flexibility index (Phi) is 5.12. The van der Waals surface area contributed by atoms with Gasteiger partial charge in [0.1, 0.15) is 0 Å². The Hall–Kier alpha value is -1.88. The molecule has 0 saturated heterocycles. The van der Waals surface area contributed by atoms with E-state index in [0.717, 1.165) is 12.2 Å². The van der Waals surface area contributed by atoms with E-state index in [0.29, 0.717) is 18.7 Å². The summed E-state index contributed by atoms with van der Waals surface area (Å²) in [6.45, 7) is 6.11. The molecule has 0 unspecified atom stereocenters. The molecule has 0 aliphatic heterocycles. The van der Waals surface area contributed by atoms with Crippen LogP contribution in [0.2, 0.25) is 0 Å². The van der Waals surface area contributed by atoms with E-state index in [4.69, 9.17) is 0 Å². The fraction of sp³-hybridized carbons (Fsp3) is 0.333. The molecule has 0 bridgehead atoms. The molecule has 0 aliphatic rings. The molecule has 2 aromatic heterocycles. The first-order chi connectivity index (χ1) is 9.76. The first-order valence-electron chi connectivity index (χ1n) is 6.75. The van der Waals surface area contributed by atoms with Gasteiger partial charge in [-0.1, -0.05) is 6.07 Å². The van der Waals surface area contributed by atoms with Crippen molar-refractivity contribution in [3.05, 3.63) is 46.4 Å². The molecule has 0 aliphatic carbocycles. The molecule has 0 atom stereocenters. The van der Waals surface area contributed by atoms with Crippen LogP contribution in [0, 0.1) is 0 Å². The highest BCUT2D eigenvalue weighted by Crippen LogP contribution is 2.18. The largest absolute Gasteiger partial charge is 0.383 e. The van der Waals surface area contributed by atoms with Crippen LogP contribution in [0.15, 0.2) is 36.0 Å². The van der Waals surface area contributed by atoms with E-state index in [2.05, 4.69) is 16.4 Å². The van der Waals surface area contributed by atoms with Gasteiger partial charge in [-0.05, 0) is 31.4 Å². The lowest BCUT2D eigenvalue weighted by molar-refractivity contribution is 0.0755. The summed E-state index contributed by atoms with van der Waals surface area (Å²) < 4.78 is 0. The summed E-state index contributed by atoms with van der Waals surface area (Å²) in [7, 11) is 0. The number of nitrogens with zero attached hydrogens (tertiary/aromatic N) is 2. The Morgan fingerprint density at radius 1 is 1.40 bits per heavy atom. The second-order valence-corrected chi connectivity index (χ2v) is 5.38. The summed E-state index contributed by atoms with van der Waals surface area (Å²) in [5.74, 6) is 0.0410. The van der Waals surface area contributed by atoms with Gasteiger partial charge in [-0.3, -0.25) is 9.78 Å². The number of amides is 1. The molecule has 0 fully saturated rings. The number of nitrogens with one attached hydrogen (secondary N) is 1. The van der Waals surface area contributed by atoms with Gasteiger partial charge < -0.3 is 10.2 Å². The van der Waals surface area contributed by atoms with Crippen LogP contribution >= 0.6 is 11.3 Å². The monoisotopic (exact) mass is 289 g/mol. The van der Waals surface area contributed by atoms with Crippen molar-refractivity contribution < 1.29 is 4.79 Å². The predicted molar refractivity (Wildman–Crippen MR) is 83.1 cm³/mol. The molecule has 2 rings (SSSR count). The molecular weight excluding hydrogens is 270 g/mol. The van der Waals surface area contributed by atoms with Gasteiger partial charge in [0, 0.05) is 24.2 Å². The standard InChI is InChI=1S/C15H19N3OS/c1-3-17-14-10-16-8-7-13(14)15(19)18(4-2)11-12-6-5-9-20-12/h5-10,17H,3-4,11H2,1-2H3. The Balaban J connectivity index is 2.20. The quantitative estimate of drug-likeness (QED) is 0.888. The molecular formula is C15H19N3OS. The lowest BCUT2D eigenvalue weighted by atomic mass is 10.2. The number of hydrogen-bond donors (Lipinski definition) is 1. The van der Waals surface area contributed by atoms with Crippen LogP contribution in [0.4, 0.5) is 5.69 Å². The summed E-state index contributed by atoms with van der Waals surface area (Å²) in [4.78, 5) is 19.8. The lowest BCUT2D eigenvalue weighted by Crippen LogP contribution is -2.30. The zero-order valence-electron chi connectivity index (χ0n) is 11.8. The van der Waals surface area contributed by atoms with Crippen LogP contribution in [0.25, 0.3) is 0 Å². The highest BCUT2D eigenvalue weighted by Gasteiger charge is 2.18. The molecule has 2 aromatic rings. The van der Waals surface area contributed by atoms with E-state index in [-0.39, 0.29) is 5.91 Å². The molecule has 106 valence electrons. The normalized spacial score (nSPS) is 10.3. The van der Waals surface area contributed by atoms with Crippen molar-refractivity contribution in [2.24, 2.45) is 0 Å². The zero-order valence-corrected chi connectivity index (χ0v) is 12.6. The molecule has 0 aromatic carbocycles. The van der Waals surface area contributed by atoms with Gasteiger partial charge in [0.25, 0.3) is 5.91 Å². The second kappa shape index (κ2) is 7.05. The summed E-state index contributed by atoms with van der Waals surface area (Å²) in [6.07, 6.45) is 3.36. The van der Waals surface area contributed by atoms with Crippen molar-refractivity contribution in [1.82, 2.24) is 9.88 Å². The van der Waals surface area contributed by atoms with Crippen molar-refractivity contribution in [3.63, 3.8) is 0 Å². The molecule has 4 nitrogen and oxygen atoms in total. The number of carbonyl (C=O) groups is 1. The van der Waals surface area contributed by atoms with Gasteiger partial charge in [0.15, 0.2) is 0 Å². The minimum absolute atomic E-state index is 0.0410. The molecule has 1 N–H and O–H groups in total.